The van der Waals surface area contributed by atoms with Gasteiger partial charge < -0.3 is 24.4 Å². The summed E-state index contributed by atoms with van der Waals surface area (Å²) in [7, 11) is 0. The highest BCUT2D eigenvalue weighted by Gasteiger charge is 2.60. The molecule has 4 aliphatic rings. The lowest BCUT2D eigenvalue weighted by Crippen LogP contribution is -2.63. The Hall–Kier alpha value is -2.21. The molecule has 0 aromatic heterocycles. The normalized spacial score (nSPS) is 26.3. The molecule has 0 saturated carbocycles. The summed E-state index contributed by atoms with van der Waals surface area (Å²) in [6.07, 6.45) is -0.820. The molecule has 0 unspecified atom stereocenters. The van der Waals surface area contributed by atoms with Gasteiger partial charge >= 0.3 is 11.9 Å². The van der Waals surface area contributed by atoms with Gasteiger partial charge in [0.05, 0.1) is 30.2 Å². The standard InChI is InChI=1S/C24H26ClN3O6S2/c1-12-18-17(13(2)29)21(30)28(18)19(20(12)36-16-9-27(10-16)24-26-7-8-35-24)23(32)34-11-33-22(31)14-3-5-15(25)6-4-14/h3-6,12-13,16-18,29H,7-11H2,1-2H3/t12-,13-,17-,18-/m1/s1. The van der Waals surface area contributed by atoms with E-state index in [0.29, 0.717) is 5.02 Å². The third-order valence-electron chi connectivity index (χ3n) is 6.74. The number of hydrogen-bond donors (Lipinski definition) is 1. The number of aliphatic imine (C=N–C) groups is 1. The second-order valence-electron chi connectivity index (χ2n) is 9.11. The summed E-state index contributed by atoms with van der Waals surface area (Å²) in [5.41, 5.74) is 0.464. The minimum atomic E-state index is -0.820. The molecule has 36 heavy (non-hydrogen) atoms. The fourth-order valence-corrected chi connectivity index (χ4v) is 7.43. The molecule has 2 fully saturated rings. The fraction of sp³-hybridized carbons (Fsp3) is 0.500. The molecule has 12 heteroatoms. The summed E-state index contributed by atoms with van der Waals surface area (Å²) in [6.45, 7) is 5.44. The number of carbonyl (C=O) groups is 3. The minimum Gasteiger partial charge on any atom is -0.424 e. The maximum Gasteiger partial charge on any atom is 0.358 e. The molecule has 2 saturated heterocycles. The summed E-state index contributed by atoms with van der Waals surface area (Å²) in [6, 6.07) is 5.85. The van der Waals surface area contributed by atoms with Crippen molar-refractivity contribution in [2.24, 2.45) is 16.8 Å². The number of aliphatic hydroxyl groups is 1. The van der Waals surface area contributed by atoms with E-state index >= 15 is 0 Å². The van der Waals surface area contributed by atoms with Gasteiger partial charge in [0.2, 0.25) is 12.7 Å². The summed E-state index contributed by atoms with van der Waals surface area (Å²) in [5, 5.41) is 12.0. The SMILES string of the molecule is C[C@@H](O)[C@H]1C(=O)N2C(C(=O)OCOC(=O)c3ccc(Cl)cc3)=C(SC3CN(C4=NCCS4)C3)[C@H](C)[C@H]12. The average Bonchev–Trinajstić information content (AvgIpc) is 3.41. The number of aliphatic hydroxyl groups excluding tert-OH is 1. The third-order valence-corrected chi connectivity index (χ3v) is 9.48. The molecule has 0 aliphatic carbocycles. The monoisotopic (exact) mass is 551 g/mol. The first-order valence-electron chi connectivity index (χ1n) is 11.7. The zero-order valence-corrected chi connectivity index (χ0v) is 22.1. The quantitative estimate of drug-likeness (QED) is 0.311. The molecular weight excluding hydrogens is 526 g/mol. The lowest BCUT2D eigenvalue weighted by molar-refractivity contribution is -0.166. The Morgan fingerprint density at radius 2 is 1.94 bits per heavy atom. The minimum absolute atomic E-state index is 0.126. The van der Waals surface area contributed by atoms with Crippen molar-refractivity contribution in [3.05, 3.63) is 45.5 Å². The van der Waals surface area contributed by atoms with Crippen LogP contribution >= 0.6 is 35.1 Å². The molecule has 1 aromatic carbocycles. The Labute approximate surface area is 222 Å². The Morgan fingerprint density at radius 1 is 1.25 bits per heavy atom. The molecule has 1 amide bonds. The van der Waals surface area contributed by atoms with Gasteiger partial charge in [0.15, 0.2) is 5.17 Å². The van der Waals surface area contributed by atoms with Crippen LogP contribution in [0.5, 0.6) is 0 Å². The van der Waals surface area contributed by atoms with Crippen molar-refractivity contribution in [2.45, 2.75) is 31.2 Å². The van der Waals surface area contributed by atoms with Crippen molar-refractivity contribution in [1.29, 1.82) is 0 Å². The molecule has 0 bridgehead atoms. The zero-order chi connectivity index (χ0) is 25.6. The van der Waals surface area contributed by atoms with Crippen molar-refractivity contribution >= 4 is 58.1 Å². The molecule has 4 atom stereocenters. The van der Waals surface area contributed by atoms with Crippen molar-refractivity contribution in [3.63, 3.8) is 0 Å². The van der Waals surface area contributed by atoms with Crippen LogP contribution < -0.4 is 0 Å². The number of β-lactam (4-membered cyclic amide) rings is 1. The first-order chi connectivity index (χ1) is 17.3. The van der Waals surface area contributed by atoms with Crippen LogP contribution in [0.3, 0.4) is 0 Å². The predicted molar refractivity (Wildman–Crippen MR) is 138 cm³/mol. The number of fused-ring (bicyclic) bond motifs is 1. The van der Waals surface area contributed by atoms with Crippen LogP contribution in [0.25, 0.3) is 0 Å². The Balaban J connectivity index is 1.27. The summed E-state index contributed by atoms with van der Waals surface area (Å²) < 4.78 is 10.4. The summed E-state index contributed by atoms with van der Waals surface area (Å²) >= 11 is 9.17. The number of esters is 2. The lowest BCUT2D eigenvalue weighted by atomic mass is 9.79. The van der Waals surface area contributed by atoms with Gasteiger partial charge in [-0.3, -0.25) is 9.79 Å². The van der Waals surface area contributed by atoms with E-state index in [4.69, 9.17) is 21.1 Å². The summed E-state index contributed by atoms with van der Waals surface area (Å²) in [4.78, 5) is 47.2. The highest BCUT2D eigenvalue weighted by Crippen LogP contribution is 2.52. The molecule has 0 radical (unpaired) electrons. The van der Waals surface area contributed by atoms with E-state index in [2.05, 4.69) is 9.89 Å². The second kappa shape index (κ2) is 10.3. The maximum absolute atomic E-state index is 13.1. The number of hydrogen-bond acceptors (Lipinski definition) is 10. The van der Waals surface area contributed by atoms with Gasteiger partial charge in [-0.05, 0) is 31.2 Å². The topological polar surface area (TPSA) is 109 Å². The Bertz CT molecular complexity index is 1140. The molecule has 5 rings (SSSR count). The van der Waals surface area contributed by atoms with Crippen molar-refractivity contribution in [2.75, 3.05) is 32.2 Å². The van der Waals surface area contributed by atoms with E-state index in [1.807, 2.05) is 6.92 Å². The van der Waals surface area contributed by atoms with Crippen molar-refractivity contribution < 1.29 is 29.0 Å². The third kappa shape index (κ3) is 4.62. The van der Waals surface area contributed by atoms with E-state index in [9.17, 15) is 19.5 Å². The van der Waals surface area contributed by atoms with E-state index in [1.54, 1.807) is 42.6 Å². The zero-order valence-electron chi connectivity index (χ0n) is 19.8. The van der Waals surface area contributed by atoms with Gasteiger partial charge in [-0.25, -0.2) is 9.59 Å². The largest absolute Gasteiger partial charge is 0.424 e. The number of thioether (sulfide) groups is 2. The van der Waals surface area contributed by atoms with Gasteiger partial charge in [-0.15, -0.1) is 11.8 Å². The molecule has 1 N–H and O–H groups in total. The molecule has 192 valence electrons. The van der Waals surface area contributed by atoms with Crippen LogP contribution in [0.4, 0.5) is 0 Å². The van der Waals surface area contributed by atoms with E-state index in [0.717, 1.165) is 35.5 Å². The van der Waals surface area contributed by atoms with E-state index in [1.165, 1.54) is 17.0 Å². The van der Waals surface area contributed by atoms with Gasteiger partial charge in [-0.1, -0.05) is 30.3 Å². The number of amidine groups is 1. The van der Waals surface area contributed by atoms with Crippen LogP contribution in [0.15, 0.2) is 39.9 Å². The number of likely N-dealkylation sites (tertiary alicyclic amines) is 1. The number of rotatable bonds is 7. The lowest BCUT2D eigenvalue weighted by Gasteiger charge is -2.46. The highest BCUT2D eigenvalue weighted by atomic mass is 35.5. The highest BCUT2D eigenvalue weighted by molar-refractivity contribution is 8.14. The first-order valence-corrected chi connectivity index (χ1v) is 13.9. The average molecular weight is 552 g/mol. The van der Waals surface area contributed by atoms with Crippen LogP contribution in [-0.4, -0.2) is 87.5 Å². The molecule has 9 nitrogen and oxygen atoms in total. The van der Waals surface area contributed by atoms with Crippen LogP contribution in [0.1, 0.15) is 24.2 Å². The van der Waals surface area contributed by atoms with Gasteiger partial charge in [-0.2, -0.15) is 0 Å². The Morgan fingerprint density at radius 3 is 2.58 bits per heavy atom. The van der Waals surface area contributed by atoms with Gasteiger partial charge in [0.1, 0.15) is 5.70 Å². The van der Waals surface area contributed by atoms with Crippen LogP contribution in [0.2, 0.25) is 5.02 Å². The van der Waals surface area contributed by atoms with Crippen molar-refractivity contribution in [3.8, 4) is 0 Å². The molecule has 0 spiro atoms. The number of ether oxygens (including phenoxy) is 2. The van der Waals surface area contributed by atoms with Gasteiger partial charge in [0.25, 0.3) is 0 Å². The summed E-state index contributed by atoms with van der Waals surface area (Å²) in [5.74, 6) is -1.36. The second-order valence-corrected chi connectivity index (χ2v) is 12.0. The van der Waals surface area contributed by atoms with Gasteiger partial charge in [0, 0.05) is 39.9 Å². The van der Waals surface area contributed by atoms with E-state index in [-0.39, 0.29) is 34.4 Å². The fourth-order valence-electron chi connectivity index (χ4n) is 4.91. The smallest absolute Gasteiger partial charge is 0.358 e. The molecule has 1 aromatic rings. The predicted octanol–water partition coefficient (Wildman–Crippen LogP) is 2.59. The Kier molecular flexibility index (Phi) is 7.26. The van der Waals surface area contributed by atoms with Crippen LogP contribution in [0, 0.1) is 11.8 Å². The molecular formula is C24H26ClN3O6S2. The number of benzene rings is 1. The maximum atomic E-state index is 13.1. The number of halogens is 1. The number of carbonyl (C=O) groups excluding carboxylic acids is 3. The van der Waals surface area contributed by atoms with E-state index < -0.39 is 30.8 Å². The number of nitrogens with zero attached hydrogens (tertiary/aromatic N) is 3. The van der Waals surface area contributed by atoms with Crippen LogP contribution in [-0.2, 0) is 19.1 Å². The van der Waals surface area contributed by atoms with Crippen molar-refractivity contribution in [1.82, 2.24) is 9.80 Å². The first kappa shape index (κ1) is 25.4. The molecule has 4 heterocycles. The number of amides is 1. The molecule has 4 aliphatic heterocycles.